The number of rotatable bonds is 38. The fourth-order valence-corrected chi connectivity index (χ4v) is 6.39. The van der Waals surface area contributed by atoms with Crippen LogP contribution in [0.2, 0.25) is 0 Å². The van der Waals surface area contributed by atoms with Crippen LogP contribution in [0, 0.1) is 0 Å². The van der Waals surface area contributed by atoms with E-state index in [9.17, 15) is 19.8 Å². The number of ether oxygens (including phenoxy) is 1. The van der Waals surface area contributed by atoms with Crippen LogP contribution in [0.3, 0.4) is 0 Å². The minimum atomic E-state index is -0.815. The van der Waals surface area contributed by atoms with Gasteiger partial charge in [-0.25, -0.2) is 0 Å². The van der Waals surface area contributed by atoms with E-state index in [2.05, 4.69) is 32.2 Å². The number of allylic oxidation sites excluding steroid dienone is 9. The molecule has 306 valence electrons. The van der Waals surface area contributed by atoms with Gasteiger partial charge < -0.3 is 20.3 Å². The molecule has 0 fully saturated rings. The molecule has 0 bridgehead atoms. The maximum atomic E-state index is 13.1. The first-order valence-electron chi connectivity index (χ1n) is 22.1. The van der Waals surface area contributed by atoms with E-state index in [0.29, 0.717) is 19.3 Å². The lowest BCUT2D eigenvalue weighted by Crippen LogP contribution is -2.46. The van der Waals surface area contributed by atoms with Crippen LogP contribution in [0.15, 0.2) is 60.8 Å². The topological polar surface area (TPSA) is 95.9 Å². The number of nitrogens with one attached hydrogen (secondary N) is 1. The van der Waals surface area contributed by atoms with E-state index >= 15 is 0 Å². The van der Waals surface area contributed by atoms with Gasteiger partial charge in [0.1, 0.15) is 6.10 Å². The Morgan fingerprint density at radius 2 is 0.981 bits per heavy atom. The molecule has 0 spiro atoms. The first kappa shape index (κ1) is 50.6. The van der Waals surface area contributed by atoms with Crippen molar-refractivity contribution >= 4 is 11.9 Å². The lowest BCUT2D eigenvalue weighted by Gasteiger charge is -2.24. The fraction of sp³-hybridized carbons (Fsp3) is 0.745. The average Bonchev–Trinajstić information content (AvgIpc) is 3.15. The Morgan fingerprint density at radius 3 is 1.43 bits per heavy atom. The summed E-state index contributed by atoms with van der Waals surface area (Å²) in [6.07, 6.45) is 48.7. The number of aliphatic hydroxyl groups excluding tert-OH is 2. The van der Waals surface area contributed by atoms with E-state index < -0.39 is 18.2 Å². The van der Waals surface area contributed by atoms with Gasteiger partial charge in [-0.15, -0.1) is 0 Å². The van der Waals surface area contributed by atoms with Crippen molar-refractivity contribution in [2.45, 2.75) is 219 Å². The Hall–Kier alpha value is -2.44. The molecule has 6 nitrogen and oxygen atoms in total. The Labute approximate surface area is 327 Å². The van der Waals surface area contributed by atoms with Crippen molar-refractivity contribution in [3.8, 4) is 0 Å². The number of esters is 1. The van der Waals surface area contributed by atoms with Gasteiger partial charge >= 0.3 is 5.97 Å². The molecular weight excluding hydrogens is 659 g/mol. The molecule has 3 unspecified atom stereocenters. The molecule has 0 rings (SSSR count). The van der Waals surface area contributed by atoms with Crippen molar-refractivity contribution in [2.75, 3.05) is 6.61 Å². The first-order valence-corrected chi connectivity index (χ1v) is 22.1. The second kappa shape index (κ2) is 40.7. The predicted molar refractivity (Wildman–Crippen MR) is 227 cm³/mol. The summed E-state index contributed by atoms with van der Waals surface area (Å²) in [5.74, 6) is -0.611. The number of carbonyl (C=O) groups is 2. The molecule has 3 atom stereocenters. The fourth-order valence-electron chi connectivity index (χ4n) is 6.39. The van der Waals surface area contributed by atoms with Crippen LogP contribution in [-0.2, 0) is 14.3 Å². The number of carbonyl (C=O) groups excluding carboxylic acids is 2. The second-order valence-corrected chi connectivity index (χ2v) is 14.9. The zero-order valence-corrected chi connectivity index (χ0v) is 34.6. The van der Waals surface area contributed by atoms with Crippen LogP contribution in [0.1, 0.15) is 201 Å². The van der Waals surface area contributed by atoms with Crippen LogP contribution in [0.5, 0.6) is 0 Å². The maximum absolute atomic E-state index is 13.1. The summed E-state index contributed by atoms with van der Waals surface area (Å²) in [6, 6.07) is -0.736. The molecule has 6 heteroatoms. The Morgan fingerprint density at radius 1 is 0.566 bits per heavy atom. The monoisotopic (exact) mass is 742 g/mol. The quantitative estimate of drug-likeness (QED) is 0.0333. The SMILES string of the molecule is CC/C=C/C=C/C=C\C=C/C=C/CC(CC(=O)NC(CO)C(O)CCCCCCCCCCCCCCC)OC(=O)CCCCCCCCCCCC. The Kier molecular flexibility index (Phi) is 38.9. The number of unbranched alkanes of at least 4 members (excludes halogenated alkanes) is 21. The molecule has 0 aliphatic rings. The molecule has 0 aliphatic heterocycles. The minimum absolute atomic E-state index is 0.0181. The summed E-state index contributed by atoms with van der Waals surface area (Å²) in [6.45, 7) is 6.26. The lowest BCUT2D eigenvalue weighted by molar-refractivity contribution is -0.150. The molecule has 1 amide bonds. The van der Waals surface area contributed by atoms with Crippen molar-refractivity contribution < 1.29 is 24.5 Å². The van der Waals surface area contributed by atoms with E-state index in [1.165, 1.54) is 109 Å². The summed E-state index contributed by atoms with van der Waals surface area (Å²) in [5.41, 5.74) is 0. The summed E-state index contributed by atoms with van der Waals surface area (Å²) in [4.78, 5) is 25.8. The summed E-state index contributed by atoms with van der Waals surface area (Å²) in [7, 11) is 0. The van der Waals surface area contributed by atoms with Crippen LogP contribution in [0.4, 0.5) is 0 Å². The van der Waals surface area contributed by atoms with E-state index in [1.54, 1.807) is 0 Å². The zero-order valence-electron chi connectivity index (χ0n) is 34.6. The maximum Gasteiger partial charge on any atom is 0.306 e. The molecule has 0 aromatic rings. The van der Waals surface area contributed by atoms with Gasteiger partial charge in [-0.3, -0.25) is 9.59 Å². The first-order chi connectivity index (χ1) is 26.0. The molecular formula is C47H83NO5. The summed E-state index contributed by atoms with van der Waals surface area (Å²) < 4.78 is 5.79. The van der Waals surface area contributed by atoms with E-state index in [4.69, 9.17) is 4.74 Å². The van der Waals surface area contributed by atoms with Crippen LogP contribution < -0.4 is 5.32 Å². The van der Waals surface area contributed by atoms with Gasteiger partial charge in [-0.2, -0.15) is 0 Å². The van der Waals surface area contributed by atoms with Gasteiger partial charge in [0.05, 0.1) is 25.2 Å². The Bertz CT molecular complexity index is 968. The van der Waals surface area contributed by atoms with Crippen molar-refractivity contribution in [1.82, 2.24) is 5.32 Å². The minimum Gasteiger partial charge on any atom is -0.461 e. The third kappa shape index (κ3) is 36.3. The lowest BCUT2D eigenvalue weighted by atomic mass is 10.0. The summed E-state index contributed by atoms with van der Waals surface area (Å²) >= 11 is 0. The number of hydrogen-bond acceptors (Lipinski definition) is 5. The van der Waals surface area contributed by atoms with Gasteiger partial charge in [0.15, 0.2) is 0 Å². The third-order valence-electron chi connectivity index (χ3n) is 9.74. The highest BCUT2D eigenvalue weighted by atomic mass is 16.5. The van der Waals surface area contributed by atoms with Gasteiger partial charge in [0, 0.05) is 12.8 Å². The second-order valence-electron chi connectivity index (χ2n) is 14.9. The van der Waals surface area contributed by atoms with Crippen molar-refractivity contribution in [2.24, 2.45) is 0 Å². The highest BCUT2D eigenvalue weighted by Gasteiger charge is 2.23. The standard InChI is InChI=1S/C47H83NO5/c1-4-7-10-13-16-19-22-23-25-27-30-33-36-39-45(50)44(42-49)48-46(51)41-43(38-35-32-29-26-24-20-17-14-11-8-5-2)53-47(52)40-37-34-31-28-21-18-15-12-9-6-3/h8,11,14,17,20,24,26,29,32,35,43-45,49-50H,4-7,9-10,12-13,15-16,18-19,21-23,25,27-28,30-31,33-34,36-42H2,1-3H3,(H,48,51)/b11-8+,17-14+,24-20-,29-26-,35-32+. The molecule has 0 aromatic heterocycles. The van der Waals surface area contributed by atoms with E-state index in [0.717, 1.165) is 44.9 Å². The molecule has 0 saturated carbocycles. The molecule has 3 N–H and O–H groups in total. The van der Waals surface area contributed by atoms with Crippen molar-refractivity contribution in [1.29, 1.82) is 0 Å². The van der Waals surface area contributed by atoms with E-state index in [1.807, 2.05) is 54.7 Å². The average molecular weight is 742 g/mol. The molecule has 0 saturated heterocycles. The smallest absolute Gasteiger partial charge is 0.306 e. The van der Waals surface area contributed by atoms with Crippen molar-refractivity contribution in [3.63, 3.8) is 0 Å². The number of amides is 1. The molecule has 53 heavy (non-hydrogen) atoms. The molecule has 0 aliphatic carbocycles. The highest BCUT2D eigenvalue weighted by Crippen LogP contribution is 2.16. The molecule has 0 aromatic carbocycles. The Balaban J connectivity index is 4.71. The highest BCUT2D eigenvalue weighted by molar-refractivity contribution is 5.77. The number of aliphatic hydroxyl groups is 2. The predicted octanol–water partition coefficient (Wildman–Crippen LogP) is 12.5. The normalized spacial score (nSPS) is 14.0. The molecule has 0 heterocycles. The third-order valence-corrected chi connectivity index (χ3v) is 9.74. The largest absolute Gasteiger partial charge is 0.461 e. The van der Waals surface area contributed by atoms with Crippen LogP contribution in [0.25, 0.3) is 0 Å². The van der Waals surface area contributed by atoms with Gasteiger partial charge in [0.25, 0.3) is 0 Å². The van der Waals surface area contributed by atoms with Gasteiger partial charge in [0.2, 0.25) is 5.91 Å². The van der Waals surface area contributed by atoms with Crippen LogP contribution >= 0.6 is 0 Å². The number of hydrogen-bond donors (Lipinski definition) is 3. The zero-order chi connectivity index (χ0) is 38.9. The van der Waals surface area contributed by atoms with Gasteiger partial charge in [-0.05, 0) is 19.3 Å². The van der Waals surface area contributed by atoms with Crippen LogP contribution in [-0.4, -0.2) is 46.9 Å². The molecule has 0 radical (unpaired) electrons. The van der Waals surface area contributed by atoms with Crippen molar-refractivity contribution in [3.05, 3.63) is 60.8 Å². The van der Waals surface area contributed by atoms with Gasteiger partial charge in [-0.1, -0.05) is 223 Å². The summed E-state index contributed by atoms with van der Waals surface area (Å²) in [5, 5.41) is 23.5. The van der Waals surface area contributed by atoms with E-state index in [-0.39, 0.29) is 24.9 Å².